The van der Waals surface area contributed by atoms with E-state index >= 15 is 0 Å². The second kappa shape index (κ2) is 11.3. The van der Waals surface area contributed by atoms with Crippen molar-refractivity contribution in [3.63, 3.8) is 0 Å². The first-order valence-electron chi connectivity index (χ1n) is 8.80. The van der Waals surface area contributed by atoms with Crippen molar-refractivity contribution in [2.75, 3.05) is 18.1 Å². The Kier molecular flexibility index (Phi) is 11.5. The van der Waals surface area contributed by atoms with Gasteiger partial charge in [0.25, 0.3) is 0 Å². The average molecular weight is 383 g/mol. The molecule has 146 valence electrons. The summed E-state index contributed by atoms with van der Waals surface area (Å²) in [6.07, 6.45) is -1.66. The van der Waals surface area contributed by atoms with Gasteiger partial charge in [-0.15, -0.1) is 23.5 Å². The molecule has 0 unspecified atom stereocenters. The molecule has 0 aromatic carbocycles. The summed E-state index contributed by atoms with van der Waals surface area (Å²) in [5.74, 6) is 2.04. The number of hydrogen-bond donors (Lipinski definition) is 2. The fourth-order valence-electron chi connectivity index (χ4n) is 2.14. The predicted octanol–water partition coefficient (Wildman–Crippen LogP) is 3.93. The highest BCUT2D eigenvalue weighted by Crippen LogP contribution is 2.31. The zero-order chi connectivity index (χ0) is 19.0. The second-order valence-corrected chi connectivity index (χ2v) is 11.1. The monoisotopic (exact) mass is 382 g/mol. The Morgan fingerprint density at radius 2 is 1.38 bits per heavy atom. The van der Waals surface area contributed by atoms with Crippen molar-refractivity contribution in [2.24, 2.45) is 0 Å². The van der Waals surface area contributed by atoms with E-state index in [2.05, 4.69) is 13.8 Å². The third-order valence-electron chi connectivity index (χ3n) is 3.10. The van der Waals surface area contributed by atoms with Crippen LogP contribution in [0.5, 0.6) is 0 Å². The molecule has 0 fully saturated rings. The van der Waals surface area contributed by atoms with Crippen LogP contribution in [-0.4, -0.2) is 62.4 Å². The van der Waals surface area contributed by atoms with Crippen LogP contribution in [-0.2, 0) is 9.47 Å². The van der Waals surface area contributed by atoms with Gasteiger partial charge in [0.05, 0.1) is 28.5 Å². The minimum absolute atomic E-state index is 0.0984. The van der Waals surface area contributed by atoms with Crippen molar-refractivity contribution in [3.8, 4) is 0 Å². The van der Waals surface area contributed by atoms with Gasteiger partial charge < -0.3 is 19.7 Å². The molecule has 0 heterocycles. The molecule has 6 heteroatoms. The summed E-state index contributed by atoms with van der Waals surface area (Å²) in [5, 5.41) is 21.0. The number of rotatable bonds is 11. The third-order valence-corrected chi connectivity index (χ3v) is 5.71. The van der Waals surface area contributed by atoms with Gasteiger partial charge in [-0.2, -0.15) is 0 Å². The smallest absolute Gasteiger partial charge is 0.108 e. The molecule has 0 amide bonds. The molecular formula is C18H38O4S2. The van der Waals surface area contributed by atoms with Crippen molar-refractivity contribution in [2.45, 2.75) is 95.9 Å². The number of ether oxygens (including phenoxy) is 2. The zero-order valence-electron chi connectivity index (χ0n) is 16.7. The number of aliphatic hydroxyl groups excluding tert-OH is 2. The molecule has 0 aliphatic rings. The number of aliphatic hydroxyl groups is 2. The average Bonchev–Trinajstić information content (AvgIpc) is 2.41. The van der Waals surface area contributed by atoms with Crippen LogP contribution in [0.15, 0.2) is 0 Å². The molecule has 0 aliphatic heterocycles. The van der Waals surface area contributed by atoms with Crippen LogP contribution in [0.3, 0.4) is 0 Å². The fourth-order valence-corrected chi connectivity index (χ4v) is 4.74. The second-order valence-electron chi connectivity index (χ2n) is 7.83. The summed E-state index contributed by atoms with van der Waals surface area (Å²) in [5.41, 5.74) is -0.728. The Bertz CT molecular complexity index is 320. The SMILES string of the molecule is CCSC(C[C@@H](OC(C)(C)C)[C@@H](O)[C@H](O)COC(C)(C)C)SCC. The van der Waals surface area contributed by atoms with Gasteiger partial charge in [0.1, 0.15) is 12.2 Å². The highest BCUT2D eigenvalue weighted by Gasteiger charge is 2.33. The van der Waals surface area contributed by atoms with E-state index in [1.807, 2.05) is 65.1 Å². The van der Waals surface area contributed by atoms with Crippen molar-refractivity contribution in [3.05, 3.63) is 0 Å². The van der Waals surface area contributed by atoms with Gasteiger partial charge in [0, 0.05) is 0 Å². The molecule has 0 aliphatic carbocycles. The molecule has 0 spiro atoms. The van der Waals surface area contributed by atoms with Crippen LogP contribution in [0.4, 0.5) is 0 Å². The van der Waals surface area contributed by atoms with Crippen molar-refractivity contribution < 1.29 is 19.7 Å². The van der Waals surface area contributed by atoms with Crippen LogP contribution in [0.1, 0.15) is 61.8 Å². The minimum Gasteiger partial charge on any atom is -0.388 e. The van der Waals surface area contributed by atoms with Gasteiger partial charge in [-0.3, -0.25) is 0 Å². The predicted molar refractivity (Wildman–Crippen MR) is 107 cm³/mol. The normalized spacial score (nSPS) is 17.1. The molecule has 4 nitrogen and oxygen atoms in total. The van der Waals surface area contributed by atoms with E-state index in [1.54, 1.807) is 0 Å². The zero-order valence-corrected chi connectivity index (χ0v) is 18.3. The quantitative estimate of drug-likeness (QED) is 0.528. The van der Waals surface area contributed by atoms with Crippen LogP contribution in [0.25, 0.3) is 0 Å². The molecule has 24 heavy (non-hydrogen) atoms. The van der Waals surface area contributed by atoms with Gasteiger partial charge in [0.15, 0.2) is 0 Å². The molecular weight excluding hydrogens is 344 g/mol. The molecule has 0 bridgehead atoms. The lowest BCUT2D eigenvalue weighted by molar-refractivity contribution is -0.159. The van der Waals surface area contributed by atoms with Crippen LogP contribution < -0.4 is 0 Å². The van der Waals surface area contributed by atoms with E-state index in [0.717, 1.165) is 11.5 Å². The first-order valence-corrected chi connectivity index (χ1v) is 10.9. The van der Waals surface area contributed by atoms with Gasteiger partial charge in [-0.05, 0) is 59.5 Å². The molecule has 0 aromatic heterocycles. The van der Waals surface area contributed by atoms with E-state index in [0.29, 0.717) is 11.0 Å². The van der Waals surface area contributed by atoms with Crippen LogP contribution in [0, 0.1) is 0 Å². The maximum absolute atomic E-state index is 10.6. The van der Waals surface area contributed by atoms with Crippen LogP contribution in [0.2, 0.25) is 0 Å². The van der Waals surface area contributed by atoms with Crippen molar-refractivity contribution in [1.29, 1.82) is 0 Å². The van der Waals surface area contributed by atoms with E-state index in [4.69, 9.17) is 9.47 Å². The Morgan fingerprint density at radius 3 is 1.75 bits per heavy atom. The van der Waals surface area contributed by atoms with E-state index in [1.165, 1.54) is 0 Å². The fraction of sp³-hybridized carbons (Fsp3) is 1.00. The van der Waals surface area contributed by atoms with Crippen molar-refractivity contribution in [1.82, 2.24) is 0 Å². The molecule has 0 aromatic rings. The molecule has 0 saturated heterocycles. The molecule has 0 rings (SSSR count). The molecule has 0 radical (unpaired) electrons. The third kappa shape index (κ3) is 12.0. The van der Waals surface area contributed by atoms with Gasteiger partial charge >= 0.3 is 0 Å². The topological polar surface area (TPSA) is 58.9 Å². The summed E-state index contributed by atoms with van der Waals surface area (Å²) in [7, 11) is 0. The summed E-state index contributed by atoms with van der Waals surface area (Å²) in [6, 6.07) is 0. The van der Waals surface area contributed by atoms with E-state index in [9.17, 15) is 10.2 Å². The first-order chi connectivity index (χ1) is 10.9. The molecule has 2 N–H and O–H groups in total. The number of thioether (sulfide) groups is 2. The largest absolute Gasteiger partial charge is 0.388 e. The maximum atomic E-state index is 10.6. The Labute approximate surface area is 157 Å². The lowest BCUT2D eigenvalue weighted by Crippen LogP contribution is -2.46. The van der Waals surface area contributed by atoms with Gasteiger partial charge in [-0.25, -0.2) is 0 Å². The van der Waals surface area contributed by atoms with E-state index < -0.39 is 18.3 Å². The van der Waals surface area contributed by atoms with Crippen LogP contribution >= 0.6 is 23.5 Å². The lowest BCUT2D eigenvalue weighted by atomic mass is 10.0. The first kappa shape index (κ1) is 24.5. The molecule has 3 atom stereocenters. The highest BCUT2D eigenvalue weighted by atomic mass is 32.2. The Hall–Kier alpha value is 0.540. The highest BCUT2D eigenvalue weighted by molar-refractivity contribution is 8.16. The lowest BCUT2D eigenvalue weighted by Gasteiger charge is -2.35. The van der Waals surface area contributed by atoms with Gasteiger partial charge in [0.2, 0.25) is 0 Å². The van der Waals surface area contributed by atoms with Crippen molar-refractivity contribution >= 4 is 23.5 Å². The summed E-state index contributed by atoms with van der Waals surface area (Å²) in [4.78, 5) is 0. The summed E-state index contributed by atoms with van der Waals surface area (Å²) in [6.45, 7) is 16.1. The maximum Gasteiger partial charge on any atom is 0.108 e. The minimum atomic E-state index is -0.969. The van der Waals surface area contributed by atoms with Gasteiger partial charge in [-0.1, -0.05) is 13.8 Å². The molecule has 0 saturated carbocycles. The number of hydrogen-bond acceptors (Lipinski definition) is 6. The Balaban J connectivity index is 4.95. The standard InChI is InChI=1S/C18H38O4S2/c1-9-23-15(24-10-2)11-14(22-18(6,7)8)16(20)13(19)12-21-17(3,4)5/h13-16,19-20H,9-12H2,1-8H3/t13-,14-,16+/m1/s1. The summed E-state index contributed by atoms with van der Waals surface area (Å²) >= 11 is 3.72. The van der Waals surface area contributed by atoms with E-state index in [-0.39, 0.29) is 17.8 Å². The Morgan fingerprint density at radius 1 is 0.875 bits per heavy atom. The summed E-state index contributed by atoms with van der Waals surface area (Å²) < 4.78 is 12.0.